The number of morpholine rings is 1. The first-order valence-electron chi connectivity index (χ1n) is 9.22. The maximum atomic E-state index is 12.5. The van der Waals surface area contributed by atoms with Crippen molar-refractivity contribution >= 4 is 17.4 Å². The summed E-state index contributed by atoms with van der Waals surface area (Å²) in [7, 11) is 1.65. The summed E-state index contributed by atoms with van der Waals surface area (Å²) in [5, 5.41) is 3.05. The van der Waals surface area contributed by atoms with Gasteiger partial charge < -0.3 is 29.3 Å². The van der Waals surface area contributed by atoms with Crippen molar-refractivity contribution in [3.05, 3.63) is 24.3 Å². The summed E-state index contributed by atoms with van der Waals surface area (Å²) < 4.78 is 16.4. The Hall–Kier alpha value is -1.83. The van der Waals surface area contributed by atoms with Gasteiger partial charge in [-0.2, -0.15) is 0 Å². The molecule has 26 heavy (non-hydrogen) atoms. The van der Waals surface area contributed by atoms with Crippen LogP contribution in [-0.2, 0) is 14.2 Å². The first-order valence-corrected chi connectivity index (χ1v) is 9.22. The van der Waals surface area contributed by atoms with E-state index in [4.69, 9.17) is 14.2 Å². The third kappa shape index (κ3) is 4.66. The Morgan fingerprint density at radius 3 is 2.54 bits per heavy atom. The molecule has 2 aliphatic rings. The number of likely N-dealkylation sites (tertiary alicyclic amines) is 1. The molecular formula is C19H29N3O4. The predicted octanol–water partition coefficient (Wildman–Crippen LogP) is 2.18. The smallest absolute Gasteiger partial charge is 0.322 e. The molecule has 1 aromatic carbocycles. The van der Waals surface area contributed by atoms with Gasteiger partial charge in [0.25, 0.3) is 0 Å². The molecule has 0 bridgehead atoms. The minimum absolute atomic E-state index is 0.0848. The fourth-order valence-electron chi connectivity index (χ4n) is 3.43. The number of carbonyl (C=O) groups excluding carboxylic acids is 1. The number of ether oxygens (including phenoxy) is 3. The summed E-state index contributed by atoms with van der Waals surface area (Å²) >= 11 is 0. The summed E-state index contributed by atoms with van der Waals surface area (Å²) in [6.45, 7) is 8.15. The van der Waals surface area contributed by atoms with Crippen molar-refractivity contribution < 1.29 is 19.0 Å². The molecule has 7 heteroatoms. The minimum atomic E-state index is -0.0848. The summed E-state index contributed by atoms with van der Waals surface area (Å²) in [6.07, 6.45) is 0.442. The molecule has 0 aliphatic carbocycles. The first-order chi connectivity index (χ1) is 12.6. The van der Waals surface area contributed by atoms with Crippen LogP contribution in [0.3, 0.4) is 0 Å². The number of hydrogen-bond acceptors (Lipinski definition) is 5. The summed E-state index contributed by atoms with van der Waals surface area (Å²) in [4.78, 5) is 16.6. The average molecular weight is 363 g/mol. The van der Waals surface area contributed by atoms with Crippen LogP contribution in [0, 0.1) is 0 Å². The van der Waals surface area contributed by atoms with Gasteiger partial charge in [-0.1, -0.05) is 12.1 Å². The maximum absolute atomic E-state index is 12.5. The molecule has 2 saturated heterocycles. The molecule has 0 saturated carbocycles. The Kier molecular flexibility index (Phi) is 6.34. The van der Waals surface area contributed by atoms with E-state index >= 15 is 0 Å². The number of methoxy groups -OCH3 is 1. The second-order valence-corrected chi connectivity index (χ2v) is 7.00. The monoisotopic (exact) mass is 363 g/mol. The highest BCUT2D eigenvalue weighted by molar-refractivity contribution is 5.93. The van der Waals surface area contributed by atoms with Gasteiger partial charge in [0, 0.05) is 20.2 Å². The second kappa shape index (κ2) is 8.70. The molecule has 0 aromatic heterocycles. The van der Waals surface area contributed by atoms with Crippen LogP contribution in [0.25, 0.3) is 0 Å². The van der Waals surface area contributed by atoms with Crippen LogP contribution >= 0.6 is 0 Å². The molecule has 0 spiro atoms. The summed E-state index contributed by atoms with van der Waals surface area (Å²) in [5.74, 6) is 0. The van der Waals surface area contributed by atoms with Crippen molar-refractivity contribution in [3.8, 4) is 0 Å². The SMILES string of the molecule is COCCOC1CN(C(=O)Nc2ccccc2N2C[C@@H](C)O[C@@H](C)C2)C1. The number of hydrogen-bond donors (Lipinski definition) is 1. The number of nitrogens with zero attached hydrogens (tertiary/aromatic N) is 2. The number of amides is 2. The zero-order valence-electron chi connectivity index (χ0n) is 15.8. The lowest BCUT2D eigenvalue weighted by Crippen LogP contribution is -2.56. The van der Waals surface area contributed by atoms with Crippen molar-refractivity contribution in [1.82, 2.24) is 4.90 Å². The van der Waals surface area contributed by atoms with E-state index in [1.807, 2.05) is 24.3 Å². The van der Waals surface area contributed by atoms with Gasteiger partial charge in [-0.05, 0) is 26.0 Å². The molecule has 2 amide bonds. The van der Waals surface area contributed by atoms with E-state index in [1.165, 1.54) is 0 Å². The number of carbonyl (C=O) groups is 1. The van der Waals surface area contributed by atoms with Crippen LogP contribution in [0.5, 0.6) is 0 Å². The van der Waals surface area contributed by atoms with E-state index in [2.05, 4.69) is 24.1 Å². The topological polar surface area (TPSA) is 63.3 Å². The molecule has 2 aliphatic heterocycles. The summed E-state index contributed by atoms with van der Waals surface area (Å²) in [6, 6.07) is 7.86. The highest BCUT2D eigenvalue weighted by Gasteiger charge is 2.32. The minimum Gasteiger partial charge on any atom is -0.382 e. The van der Waals surface area contributed by atoms with Crippen molar-refractivity contribution in [3.63, 3.8) is 0 Å². The molecule has 144 valence electrons. The van der Waals surface area contributed by atoms with E-state index in [9.17, 15) is 4.79 Å². The number of rotatable bonds is 6. The van der Waals surface area contributed by atoms with Crippen molar-refractivity contribution in [2.75, 3.05) is 56.7 Å². The molecule has 0 radical (unpaired) electrons. The Morgan fingerprint density at radius 1 is 1.15 bits per heavy atom. The summed E-state index contributed by atoms with van der Waals surface area (Å²) in [5.41, 5.74) is 1.87. The van der Waals surface area contributed by atoms with Gasteiger partial charge in [-0.15, -0.1) is 0 Å². The van der Waals surface area contributed by atoms with E-state index in [0.29, 0.717) is 26.3 Å². The van der Waals surface area contributed by atoms with Crippen LogP contribution in [-0.4, -0.2) is 75.7 Å². The second-order valence-electron chi connectivity index (χ2n) is 7.00. The molecule has 7 nitrogen and oxygen atoms in total. The molecule has 1 aromatic rings. The van der Waals surface area contributed by atoms with E-state index < -0.39 is 0 Å². The van der Waals surface area contributed by atoms with Gasteiger partial charge in [0.15, 0.2) is 0 Å². The van der Waals surface area contributed by atoms with Gasteiger partial charge in [-0.25, -0.2) is 4.79 Å². The van der Waals surface area contributed by atoms with Gasteiger partial charge in [-0.3, -0.25) is 0 Å². The van der Waals surface area contributed by atoms with Crippen LogP contribution < -0.4 is 10.2 Å². The normalized spacial score (nSPS) is 23.7. The van der Waals surface area contributed by atoms with Crippen LogP contribution in [0.2, 0.25) is 0 Å². The Bertz CT molecular complexity index is 596. The van der Waals surface area contributed by atoms with E-state index in [0.717, 1.165) is 24.5 Å². The molecule has 2 fully saturated rings. The van der Waals surface area contributed by atoms with Gasteiger partial charge in [0.1, 0.15) is 0 Å². The molecule has 3 rings (SSSR count). The average Bonchev–Trinajstić information content (AvgIpc) is 2.56. The number of anilines is 2. The number of para-hydroxylation sites is 2. The molecular weight excluding hydrogens is 334 g/mol. The Morgan fingerprint density at radius 2 is 1.85 bits per heavy atom. The van der Waals surface area contributed by atoms with E-state index in [1.54, 1.807) is 12.0 Å². The lowest BCUT2D eigenvalue weighted by Gasteiger charge is -2.40. The Balaban J connectivity index is 1.56. The number of urea groups is 1. The molecule has 1 N–H and O–H groups in total. The highest BCUT2D eigenvalue weighted by atomic mass is 16.5. The fourth-order valence-corrected chi connectivity index (χ4v) is 3.43. The fraction of sp³-hybridized carbons (Fsp3) is 0.632. The highest BCUT2D eigenvalue weighted by Crippen LogP contribution is 2.29. The molecule has 2 atom stereocenters. The lowest BCUT2D eigenvalue weighted by molar-refractivity contribution is -0.0486. The molecule has 0 unspecified atom stereocenters. The van der Waals surface area contributed by atoms with Crippen LogP contribution in [0.15, 0.2) is 24.3 Å². The van der Waals surface area contributed by atoms with Crippen molar-refractivity contribution in [2.24, 2.45) is 0 Å². The third-order valence-electron chi connectivity index (χ3n) is 4.68. The number of benzene rings is 1. The zero-order chi connectivity index (χ0) is 18.5. The Labute approximate surface area is 155 Å². The zero-order valence-corrected chi connectivity index (χ0v) is 15.8. The van der Waals surface area contributed by atoms with Crippen LogP contribution in [0.4, 0.5) is 16.2 Å². The maximum Gasteiger partial charge on any atom is 0.322 e. The standard InChI is InChI=1S/C19H29N3O4/c1-14-10-21(11-15(2)26-14)18-7-5-4-6-17(18)20-19(23)22-12-16(13-22)25-9-8-24-3/h4-7,14-16H,8-13H2,1-3H3,(H,20,23)/t14-,15+. The number of nitrogens with one attached hydrogen (secondary N) is 1. The predicted molar refractivity (Wildman–Crippen MR) is 101 cm³/mol. The largest absolute Gasteiger partial charge is 0.382 e. The van der Waals surface area contributed by atoms with Gasteiger partial charge >= 0.3 is 6.03 Å². The van der Waals surface area contributed by atoms with Crippen LogP contribution in [0.1, 0.15) is 13.8 Å². The first kappa shape index (κ1) is 18.9. The third-order valence-corrected chi connectivity index (χ3v) is 4.68. The van der Waals surface area contributed by atoms with Crippen molar-refractivity contribution in [2.45, 2.75) is 32.2 Å². The van der Waals surface area contributed by atoms with Gasteiger partial charge in [0.05, 0.1) is 56.0 Å². The lowest BCUT2D eigenvalue weighted by atomic mass is 10.1. The quantitative estimate of drug-likeness (QED) is 0.785. The molecule has 2 heterocycles. The van der Waals surface area contributed by atoms with Gasteiger partial charge in [0.2, 0.25) is 0 Å². The van der Waals surface area contributed by atoms with Crippen molar-refractivity contribution in [1.29, 1.82) is 0 Å². The van der Waals surface area contributed by atoms with E-state index in [-0.39, 0.29) is 24.3 Å².